The molecule has 126 valence electrons. The van der Waals surface area contributed by atoms with Gasteiger partial charge < -0.3 is 15.4 Å². The lowest BCUT2D eigenvalue weighted by atomic mass is 10.2. The predicted octanol–water partition coefficient (Wildman–Crippen LogP) is 2.78. The average Bonchev–Trinajstić information content (AvgIpc) is 2.58. The van der Waals surface area contributed by atoms with Crippen LogP contribution in [0.2, 0.25) is 0 Å². The fraction of sp³-hybridized carbons (Fsp3) is 0.235. The van der Waals surface area contributed by atoms with Gasteiger partial charge in [0.1, 0.15) is 5.69 Å². The number of hydrogen-bond acceptors (Lipinski definition) is 4. The van der Waals surface area contributed by atoms with Crippen molar-refractivity contribution < 1.29 is 14.3 Å². The van der Waals surface area contributed by atoms with Gasteiger partial charge in [-0.25, -0.2) is 0 Å². The fourth-order valence-electron chi connectivity index (χ4n) is 1.93. The van der Waals surface area contributed by atoms with Crippen LogP contribution in [0, 0.1) is 6.92 Å². The number of anilines is 1. The summed E-state index contributed by atoms with van der Waals surface area (Å²) in [5.74, 6) is -0.654. The summed E-state index contributed by atoms with van der Waals surface area (Å²) in [6.45, 7) is 2.78. The molecule has 0 saturated carbocycles. The van der Waals surface area contributed by atoms with E-state index in [-0.39, 0.29) is 17.5 Å². The van der Waals surface area contributed by atoms with Crippen LogP contribution >= 0.6 is 15.9 Å². The van der Waals surface area contributed by atoms with Gasteiger partial charge in [0, 0.05) is 35.6 Å². The molecule has 0 radical (unpaired) electrons. The predicted molar refractivity (Wildman–Crippen MR) is 95.3 cm³/mol. The summed E-state index contributed by atoms with van der Waals surface area (Å²) < 4.78 is 5.78. The SMILES string of the molecule is COCCNC(=O)c1ccnc(C(=O)Nc2ccc(C)c(Br)c2)c1. The Labute approximate surface area is 148 Å². The highest BCUT2D eigenvalue weighted by molar-refractivity contribution is 9.10. The number of nitrogens with zero attached hydrogens (tertiary/aromatic N) is 1. The molecule has 0 aliphatic rings. The van der Waals surface area contributed by atoms with E-state index in [4.69, 9.17) is 4.74 Å². The third-order valence-corrected chi connectivity index (χ3v) is 4.13. The quantitative estimate of drug-likeness (QED) is 0.741. The first-order valence-corrected chi connectivity index (χ1v) is 8.11. The smallest absolute Gasteiger partial charge is 0.274 e. The lowest BCUT2D eigenvalue weighted by Gasteiger charge is -2.08. The Balaban J connectivity index is 2.08. The van der Waals surface area contributed by atoms with Crippen molar-refractivity contribution in [1.82, 2.24) is 10.3 Å². The second-order valence-corrected chi connectivity index (χ2v) is 5.95. The van der Waals surface area contributed by atoms with E-state index in [9.17, 15) is 9.59 Å². The molecule has 2 amide bonds. The molecule has 7 heteroatoms. The number of aromatic nitrogens is 1. The van der Waals surface area contributed by atoms with Gasteiger partial charge in [0.15, 0.2) is 0 Å². The molecule has 2 N–H and O–H groups in total. The number of carbonyl (C=O) groups excluding carboxylic acids is 2. The largest absolute Gasteiger partial charge is 0.383 e. The van der Waals surface area contributed by atoms with Crippen LogP contribution in [-0.2, 0) is 4.74 Å². The zero-order chi connectivity index (χ0) is 17.5. The van der Waals surface area contributed by atoms with Crippen molar-refractivity contribution in [2.75, 3.05) is 25.6 Å². The molecule has 0 aliphatic carbocycles. The van der Waals surface area contributed by atoms with Crippen molar-refractivity contribution in [2.24, 2.45) is 0 Å². The summed E-state index contributed by atoms with van der Waals surface area (Å²) in [6, 6.07) is 8.53. The zero-order valence-corrected chi connectivity index (χ0v) is 15.0. The van der Waals surface area contributed by atoms with Crippen molar-refractivity contribution in [1.29, 1.82) is 0 Å². The minimum absolute atomic E-state index is 0.172. The molecule has 1 aromatic heterocycles. The number of ether oxygens (including phenoxy) is 1. The van der Waals surface area contributed by atoms with Crippen LogP contribution in [0.4, 0.5) is 5.69 Å². The van der Waals surface area contributed by atoms with E-state index in [0.29, 0.717) is 24.4 Å². The molecule has 1 aromatic carbocycles. The number of benzene rings is 1. The van der Waals surface area contributed by atoms with Crippen LogP contribution in [0.1, 0.15) is 26.4 Å². The third-order valence-electron chi connectivity index (χ3n) is 3.28. The molecule has 0 unspecified atom stereocenters. The van der Waals surface area contributed by atoms with Crippen LogP contribution in [0.15, 0.2) is 41.0 Å². The highest BCUT2D eigenvalue weighted by Crippen LogP contribution is 2.21. The second kappa shape index (κ2) is 8.56. The van der Waals surface area contributed by atoms with Crippen molar-refractivity contribution in [2.45, 2.75) is 6.92 Å². The summed E-state index contributed by atoms with van der Waals surface area (Å²) in [6.07, 6.45) is 1.44. The molecule has 6 nitrogen and oxygen atoms in total. The Morgan fingerprint density at radius 1 is 1.21 bits per heavy atom. The Morgan fingerprint density at radius 2 is 2.00 bits per heavy atom. The molecule has 2 aromatic rings. The lowest BCUT2D eigenvalue weighted by molar-refractivity contribution is 0.0937. The van der Waals surface area contributed by atoms with Gasteiger partial charge in [-0.2, -0.15) is 0 Å². The molecule has 0 bridgehead atoms. The summed E-state index contributed by atoms with van der Waals surface area (Å²) in [5.41, 5.74) is 2.26. The molecular formula is C17H18BrN3O3. The molecule has 0 spiro atoms. The molecule has 0 fully saturated rings. The third kappa shape index (κ3) is 4.87. The summed E-state index contributed by atoms with van der Waals surface area (Å²) in [5, 5.41) is 5.46. The first-order chi connectivity index (χ1) is 11.5. The van der Waals surface area contributed by atoms with Gasteiger partial charge in [0.2, 0.25) is 0 Å². The van der Waals surface area contributed by atoms with E-state index in [1.807, 2.05) is 19.1 Å². The highest BCUT2D eigenvalue weighted by atomic mass is 79.9. The van der Waals surface area contributed by atoms with E-state index in [2.05, 4.69) is 31.5 Å². The number of carbonyl (C=O) groups is 2. The number of rotatable bonds is 6. The first-order valence-electron chi connectivity index (χ1n) is 7.32. The molecule has 24 heavy (non-hydrogen) atoms. The number of amides is 2. The van der Waals surface area contributed by atoms with Gasteiger partial charge in [-0.05, 0) is 36.8 Å². The normalized spacial score (nSPS) is 10.3. The van der Waals surface area contributed by atoms with Gasteiger partial charge >= 0.3 is 0 Å². The van der Waals surface area contributed by atoms with Crippen LogP contribution in [0.25, 0.3) is 0 Å². The maximum Gasteiger partial charge on any atom is 0.274 e. The molecular weight excluding hydrogens is 374 g/mol. The van der Waals surface area contributed by atoms with Crippen molar-refractivity contribution >= 4 is 33.4 Å². The van der Waals surface area contributed by atoms with Crippen molar-refractivity contribution in [3.8, 4) is 0 Å². The first kappa shape index (κ1) is 18.1. The van der Waals surface area contributed by atoms with E-state index >= 15 is 0 Å². The topological polar surface area (TPSA) is 80.3 Å². The number of hydrogen-bond donors (Lipinski definition) is 2. The maximum absolute atomic E-state index is 12.3. The molecule has 0 saturated heterocycles. The van der Waals surface area contributed by atoms with E-state index < -0.39 is 0 Å². The standard InChI is InChI=1S/C17H18BrN3O3/c1-11-3-4-13(10-14(11)18)21-17(23)15-9-12(5-6-19-15)16(22)20-7-8-24-2/h3-6,9-10H,7-8H2,1-2H3,(H,20,22)(H,21,23). The van der Waals surface area contributed by atoms with Crippen LogP contribution in [-0.4, -0.2) is 37.1 Å². The van der Waals surface area contributed by atoms with Crippen LogP contribution in [0.5, 0.6) is 0 Å². The maximum atomic E-state index is 12.3. The second-order valence-electron chi connectivity index (χ2n) is 5.10. The number of methoxy groups -OCH3 is 1. The van der Waals surface area contributed by atoms with E-state index in [1.165, 1.54) is 12.3 Å². The molecule has 2 rings (SSSR count). The van der Waals surface area contributed by atoms with Gasteiger partial charge in [-0.1, -0.05) is 22.0 Å². The molecule has 1 heterocycles. The fourth-order valence-corrected chi connectivity index (χ4v) is 2.31. The number of pyridine rings is 1. The summed E-state index contributed by atoms with van der Waals surface area (Å²) in [7, 11) is 1.56. The van der Waals surface area contributed by atoms with E-state index in [0.717, 1.165) is 10.0 Å². The van der Waals surface area contributed by atoms with Gasteiger partial charge in [-0.15, -0.1) is 0 Å². The number of halogens is 1. The average molecular weight is 392 g/mol. The minimum atomic E-state index is -0.378. The number of aryl methyl sites for hydroxylation is 1. The van der Waals surface area contributed by atoms with Gasteiger partial charge in [0.25, 0.3) is 11.8 Å². The van der Waals surface area contributed by atoms with Crippen molar-refractivity contribution in [3.63, 3.8) is 0 Å². The Hall–Kier alpha value is -2.25. The lowest BCUT2D eigenvalue weighted by Crippen LogP contribution is -2.27. The Bertz CT molecular complexity index is 750. The monoisotopic (exact) mass is 391 g/mol. The highest BCUT2D eigenvalue weighted by Gasteiger charge is 2.12. The minimum Gasteiger partial charge on any atom is -0.383 e. The van der Waals surface area contributed by atoms with Gasteiger partial charge in [-0.3, -0.25) is 14.6 Å². The van der Waals surface area contributed by atoms with Crippen LogP contribution < -0.4 is 10.6 Å². The van der Waals surface area contributed by atoms with E-state index in [1.54, 1.807) is 19.2 Å². The molecule has 0 atom stereocenters. The van der Waals surface area contributed by atoms with Gasteiger partial charge in [0.05, 0.1) is 6.61 Å². The Morgan fingerprint density at radius 3 is 2.71 bits per heavy atom. The Kier molecular flexibility index (Phi) is 6.45. The van der Waals surface area contributed by atoms with Crippen molar-refractivity contribution in [3.05, 3.63) is 57.8 Å². The molecule has 0 aliphatic heterocycles. The number of nitrogens with one attached hydrogen (secondary N) is 2. The van der Waals surface area contributed by atoms with Crippen LogP contribution in [0.3, 0.4) is 0 Å². The summed E-state index contributed by atoms with van der Waals surface area (Å²) >= 11 is 3.42. The zero-order valence-electron chi connectivity index (χ0n) is 13.4. The summed E-state index contributed by atoms with van der Waals surface area (Å²) in [4.78, 5) is 28.3.